The Balaban J connectivity index is 1.61. The molecule has 2 amide bonds. The molecule has 3 aromatic rings. The summed E-state index contributed by atoms with van der Waals surface area (Å²) in [6.45, 7) is 3.40. The molecule has 162 valence electrons. The van der Waals surface area contributed by atoms with Gasteiger partial charge in [-0.15, -0.1) is 0 Å². The largest absolute Gasteiger partial charge is 0.376 e. The molecule has 1 atom stereocenters. The number of hydrogen-bond donors (Lipinski definition) is 2. The van der Waals surface area contributed by atoms with Crippen molar-refractivity contribution >= 4 is 34.2 Å². The Bertz CT molecular complexity index is 1140. The number of carbonyl (C=O) groups is 1. The second kappa shape index (κ2) is 9.54. The molecule has 1 fully saturated rings. The van der Waals surface area contributed by atoms with Crippen LogP contribution in [0.4, 0.5) is 10.5 Å². The zero-order chi connectivity index (χ0) is 21.8. The highest BCUT2D eigenvalue weighted by molar-refractivity contribution is 6.30. The second-order valence-corrected chi connectivity index (χ2v) is 8.29. The Labute approximate surface area is 186 Å². The molecule has 2 N–H and O–H groups in total. The number of nitrogens with one attached hydrogen (secondary N) is 2. The van der Waals surface area contributed by atoms with Gasteiger partial charge < -0.3 is 19.9 Å². The molecular formula is C24H26ClN3O3. The topological polar surface area (TPSA) is 74.4 Å². The molecule has 1 aliphatic rings. The number of nitrogens with zero attached hydrogens (tertiary/aromatic N) is 1. The predicted octanol–water partition coefficient (Wildman–Crippen LogP) is 4.96. The van der Waals surface area contributed by atoms with Crippen molar-refractivity contribution in [2.24, 2.45) is 0 Å². The van der Waals surface area contributed by atoms with Crippen LogP contribution in [-0.4, -0.2) is 35.2 Å². The van der Waals surface area contributed by atoms with Crippen molar-refractivity contribution in [3.8, 4) is 0 Å². The van der Waals surface area contributed by atoms with Crippen molar-refractivity contribution in [1.82, 2.24) is 9.88 Å². The van der Waals surface area contributed by atoms with Gasteiger partial charge in [-0.3, -0.25) is 4.79 Å². The molecule has 1 aromatic heterocycles. The van der Waals surface area contributed by atoms with Crippen molar-refractivity contribution < 1.29 is 9.53 Å². The third kappa shape index (κ3) is 5.27. The first-order chi connectivity index (χ1) is 15.0. The highest BCUT2D eigenvalue weighted by atomic mass is 35.5. The van der Waals surface area contributed by atoms with E-state index < -0.39 is 0 Å². The summed E-state index contributed by atoms with van der Waals surface area (Å²) in [5.41, 5.74) is 2.94. The number of fused-ring (bicyclic) bond motifs is 1. The Morgan fingerprint density at radius 2 is 2.13 bits per heavy atom. The van der Waals surface area contributed by atoms with Crippen LogP contribution in [0.1, 0.15) is 30.9 Å². The van der Waals surface area contributed by atoms with Crippen LogP contribution in [0.25, 0.3) is 10.9 Å². The molecule has 0 spiro atoms. The molecule has 1 unspecified atom stereocenters. The van der Waals surface area contributed by atoms with Crippen molar-refractivity contribution in [2.75, 3.05) is 18.5 Å². The SMILES string of the molecule is CCc1ccc2[nH]c(=O)c(CN(CC3CCCO3)C(=O)Nc3cccc(Cl)c3)cc2c1. The minimum Gasteiger partial charge on any atom is -0.376 e. The van der Waals surface area contributed by atoms with Gasteiger partial charge in [-0.05, 0) is 66.6 Å². The van der Waals surface area contributed by atoms with Crippen molar-refractivity contribution in [2.45, 2.75) is 38.8 Å². The average Bonchev–Trinajstić information content (AvgIpc) is 3.26. The Kier molecular flexibility index (Phi) is 6.59. The smallest absolute Gasteiger partial charge is 0.322 e. The normalized spacial score (nSPS) is 15.9. The molecule has 2 aromatic carbocycles. The fraction of sp³-hybridized carbons (Fsp3) is 0.333. The zero-order valence-electron chi connectivity index (χ0n) is 17.5. The maximum absolute atomic E-state index is 13.1. The van der Waals surface area contributed by atoms with Crippen molar-refractivity contribution in [3.63, 3.8) is 0 Å². The number of carbonyl (C=O) groups excluding carboxylic acids is 1. The number of ether oxygens (including phenoxy) is 1. The van der Waals surface area contributed by atoms with Gasteiger partial charge in [-0.2, -0.15) is 0 Å². The number of aromatic nitrogens is 1. The van der Waals surface area contributed by atoms with Gasteiger partial charge in [0.2, 0.25) is 0 Å². The summed E-state index contributed by atoms with van der Waals surface area (Å²) in [5.74, 6) is 0. The number of aromatic amines is 1. The van der Waals surface area contributed by atoms with E-state index in [1.54, 1.807) is 29.2 Å². The lowest BCUT2D eigenvalue weighted by Gasteiger charge is -2.26. The lowest BCUT2D eigenvalue weighted by atomic mass is 10.1. The van der Waals surface area contributed by atoms with Crippen LogP contribution in [0.3, 0.4) is 0 Å². The fourth-order valence-electron chi connectivity index (χ4n) is 3.87. The van der Waals surface area contributed by atoms with Gasteiger partial charge in [-0.25, -0.2) is 4.79 Å². The van der Waals surface area contributed by atoms with Crippen molar-refractivity contribution in [3.05, 3.63) is 75.0 Å². The lowest BCUT2D eigenvalue weighted by molar-refractivity contribution is 0.0818. The minimum absolute atomic E-state index is 0.0312. The van der Waals surface area contributed by atoms with E-state index in [0.717, 1.165) is 30.2 Å². The van der Waals surface area contributed by atoms with E-state index in [1.165, 1.54) is 5.56 Å². The molecule has 0 bridgehead atoms. The van der Waals surface area contributed by atoms with Crippen LogP contribution in [0.2, 0.25) is 5.02 Å². The summed E-state index contributed by atoms with van der Waals surface area (Å²) in [7, 11) is 0. The van der Waals surface area contributed by atoms with Crippen LogP contribution >= 0.6 is 11.6 Å². The van der Waals surface area contributed by atoms with Crippen LogP contribution in [-0.2, 0) is 17.7 Å². The van der Waals surface area contributed by atoms with E-state index in [0.29, 0.717) is 29.4 Å². The van der Waals surface area contributed by atoms with E-state index in [2.05, 4.69) is 23.3 Å². The van der Waals surface area contributed by atoms with E-state index in [4.69, 9.17) is 16.3 Å². The average molecular weight is 440 g/mol. The summed E-state index contributed by atoms with van der Waals surface area (Å²) in [6, 6.07) is 14.6. The summed E-state index contributed by atoms with van der Waals surface area (Å²) in [6.07, 6.45) is 2.76. The number of rotatable bonds is 6. The molecule has 0 saturated carbocycles. The zero-order valence-corrected chi connectivity index (χ0v) is 18.2. The number of amides is 2. The van der Waals surface area contributed by atoms with Gasteiger partial charge in [0.1, 0.15) is 0 Å². The van der Waals surface area contributed by atoms with E-state index in [-0.39, 0.29) is 24.2 Å². The number of halogens is 1. The van der Waals surface area contributed by atoms with Gasteiger partial charge in [-0.1, -0.05) is 30.7 Å². The maximum Gasteiger partial charge on any atom is 0.322 e. The Morgan fingerprint density at radius 1 is 1.26 bits per heavy atom. The molecule has 0 aliphatic carbocycles. The van der Waals surface area contributed by atoms with Gasteiger partial charge in [0.15, 0.2) is 0 Å². The quantitative estimate of drug-likeness (QED) is 0.570. The van der Waals surface area contributed by atoms with Gasteiger partial charge in [0.25, 0.3) is 5.56 Å². The molecule has 7 heteroatoms. The van der Waals surface area contributed by atoms with Crippen LogP contribution in [0.5, 0.6) is 0 Å². The maximum atomic E-state index is 13.1. The van der Waals surface area contributed by atoms with Crippen LogP contribution in [0, 0.1) is 0 Å². The molecule has 1 aliphatic heterocycles. The van der Waals surface area contributed by atoms with Crippen LogP contribution < -0.4 is 10.9 Å². The predicted molar refractivity (Wildman–Crippen MR) is 124 cm³/mol. The van der Waals surface area contributed by atoms with E-state index >= 15 is 0 Å². The number of hydrogen-bond acceptors (Lipinski definition) is 3. The number of H-pyrrole nitrogens is 1. The summed E-state index contributed by atoms with van der Waals surface area (Å²) >= 11 is 6.05. The highest BCUT2D eigenvalue weighted by Crippen LogP contribution is 2.20. The number of benzene rings is 2. The van der Waals surface area contributed by atoms with Crippen LogP contribution in [0.15, 0.2) is 53.3 Å². The second-order valence-electron chi connectivity index (χ2n) is 7.85. The number of pyridine rings is 1. The molecule has 4 rings (SSSR count). The number of aryl methyl sites for hydroxylation is 1. The number of anilines is 1. The summed E-state index contributed by atoms with van der Waals surface area (Å²) in [5, 5.41) is 4.39. The first-order valence-corrected chi connectivity index (χ1v) is 11.0. The molecule has 2 heterocycles. The van der Waals surface area contributed by atoms with Gasteiger partial charge >= 0.3 is 6.03 Å². The molecule has 6 nitrogen and oxygen atoms in total. The first kappa shape index (κ1) is 21.4. The van der Waals surface area contributed by atoms with Crippen molar-refractivity contribution in [1.29, 1.82) is 0 Å². The Morgan fingerprint density at radius 3 is 2.87 bits per heavy atom. The fourth-order valence-corrected chi connectivity index (χ4v) is 4.06. The molecule has 31 heavy (non-hydrogen) atoms. The van der Waals surface area contributed by atoms with E-state index in [9.17, 15) is 9.59 Å². The molecule has 0 radical (unpaired) electrons. The minimum atomic E-state index is -0.292. The van der Waals surface area contributed by atoms with Gasteiger partial charge in [0.05, 0.1) is 12.6 Å². The van der Waals surface area contributed by atoms with Gasteiger partial charge in [0, 0.05) is 34.9 Å². The first-order valence-electron chi connectivity index (χ1n) is 10.6. The molecule has 1 saturated heterocycles. The standard InChI is InChI=1S/C24H26ClN3O3/c1-2-16-8-9-22-17(11-16)12-18(23(29)27-22)14-28(15-21-7-4-10-31-21)24(30)26-20-6-3-5-19(25)13-20/h3,5-6,8-9,11-13,21H,2,4,7,10,14-15H2,1H3,(H,26,30)(H,27,29). The number of urea groups is 1. The third-order valence-corrected chi connectivity index (χ3v) is 5.80. The van der Waals surface area contributed by atoms with E-state index in [1.807, 2.05) is 18.2 Å². The third-order valence-electron chi connectivity index (χ3n) is 5.57. The summed E-state index contributed by atoms with van der Waals surface area (Å²) in [4.78, 5) is 30.4. The monoisotopic (exact) mass is 439 g/mol. The lowest BCUT2D eigenvalue weighted by Crippen LogP contribution is -2.40. The highest BCUT2D eigenvalue weighted by Gasteiger charge is 2.24. The molecular weight excluding hydrogens is 414 g/mol. The summed E-state index contributed by atoms with van der Waals surface area (Å²) < 4.78 is 5.74. The Hall–Kier alpha value is -2.83.